The lowest BCUT2D eigenvalue weighted by Gasteiger charge is -2.32. The molecule has 2 aliphatic heterocycles. The first-order valence-electron chi connectivity index (χ1n) is 23.2. The number of benzene rings is 8. The zero-order valence-corrected chi connectivity index (χ0v) is 40.5. The summed E-state index contributed by atoms with van der Waals surface area (Å²) in [7, 11) is -0.314. The Balaban J connectivity index is 0.000000133. The molecule has 0 spiro atoms. The second kappa shape index (κ2) is 17.4. The van der Waals surface area contributed by atoms with Crippen LogP contribution in [0.4, 0.5) is 8.78 Å². The molecule has 0 aliphatic carbocycles. The zero-order valence-electron chi connectivity index (χ0n) is 40.5. The summed E-state index contributed by atoms with van der Waals surface area (Å²) in [6.45, 7) is 21.8. The van der Waals surface area contributed by atoms with Crippen molar-refractivity contribution in [2.75, 3.05) is 0 Å². The van der Waals surface area contributed by atoms with E-state index in [1.165, 1.54) is 39.8 Å². The minimum atomic E-state index is -0.356. The van der Waals surface area contributed by atoms with Crippen LogP contribution in [0.2, 0.25) is 0 Å². The van der Waals surface area contributed by atoms with Gasteiger partial charge < -0.3 is 9.31 Å². The number of rotatable bonds is 2. The molecule has 1 saturated heterocycles. The van der Waals surface area contributed by atoms with Crippen molar-refractivity contribution in [2.45, 2.75) is 97.7 Å². The van der Waals surface area contributed by atoms with E-state index in [1.807, 2.05) is 36.4 Å². The van der Waals surface area contributed by atoms with E-state index in [9.17, 15) is 9.18 Å². The lowest BCUT2D eigenvalue weighted by atomic mass is 9.73. The van der Waals surface area contributed by atoms with Gasteiger partial charge in [0.05, 0.1) is 16.9 Å². The molecule has 68 heavy (non-hydrogen) atoms. The fraction of sp³-hybridized carbons (Fsp3) is 0.254. The number of nitrogens with zero attached hydrogens (tertiary/aromatic N) is 3. The van der Waals surface area contributed by atoms with E-state index in [4.69, 9.17) is 9.31 Å². The van der Waals surface area contributed by atoms with Gasteiger partial charge in [0.15, 0.2) is 5.82 Å². The third kappa shape index (κ3) is 8.70. The van der Waals surface area contributed by atoms with Gasteiger partial charge in [-0.15, -0.1) is 0 Å². The maximum absolute atomic E-state index is 15.2. The molecule has 0 saturated carbocycles. The van der Waals surface area contributed by atoms with Crippen molar-refractivity contribution in [1.29, 1.82) is 0 Å². The number of hydrogen-bond donors (Lipinski definition) is 0. The molecule has 6 nitrogen and oxygen atoms in total. The molecular formula is C59H56BF2N3O3. The molecule has 3 heterocycles. The molecule has 1 fully saturated rings. The second-order valence-electron chi connectivity index (χ2n) is 20.9. The number of aromatic nitrogens is 2. The van der Waals surface area contributed by atoms with E-state index in [1.54, 1.807) is 30.3 Å². The van der Waals surface area contributed by atoms with Crippen LogP contribution in [-0.4, -0.2) is 40.4 Å². The van der Waals surface area contributed by atoms with Crippen molar-refractivity contribution in [3.63, 3.8) is 0 Å². The van der Waals surface area contributed by atoms with Gasteiger partial charge in [-0.1, -0.05) is 151 Å². The molecule has 11 rings (SSSR count). The standard InChI is InChI=1S/C26H21FN2.C20H27BO2.C13H8FNO/c1-26(2,3)22-14-18(12-16-8-4-6-10-19(16)22)24-21-13-17-9-5-7-11-20(17)23(27)25(21)29-15-28-24;1-18(2,3)17-13-15(12-14-10-8-9-11-16(14)17)21-22-19(4,5)20(6,7)23-21;14-12-9-4-2-1-3-8(9)7-11-10(12)5-6-15-13(11)16/h4-15H,1-3H3;8-13H,1-7H3;1-4,6-7H,5H2. The third-order valence-electron chi connectivity index (χ3n) is 13.6. The summed E-state index contributed by atoms with van der Waals surface area (Å²) in [5, 5.41) is 8.41. The van der Waals surface area contributed by atoms with E-state index in [0.717, 1.165) is 38.3 Å². The van der Waals surface area contributed by atoms with Gasteiger partial charge >= 0.3 is 7.12 Å². The van der Waals surface area contributed by atoms with Crippen LogP contribution in [0.25, 0.3) is 65.3 Å². The molecule has 9 aromatic rings. The Morgan fingerprint density at radius 2 is 1.04 bits per heavy atom. The van der Waals surface area contributed by atoms with Crippen molar-refractivity contribution in [3.8, 4) is 11.3 Å². The maximum Gasteiger partial charge on any atom is 0.494 e. The van der Waals surface area contributed by atoms with E-state index < -0.39 is 0 Å². The zero-order chi connectivity index (χ0) is 48.3. The van der Waals surface area contributed by atoms with Crippen LogP contribution in [0.5, 0.6) is 0 Å². The van der Waals surface area contributed by atoms with Crippen LogP contribution in [0.15, 0.2) is 145 Å². The smallest absolute Gasteiger partial charge is 0.399 e. The summed E-state index contributed by atoms with van der Waals surface area (Å²) in [6.07, 6.45) is 3.31. The number of carbonyl (C=O) groups is 1. The number of amides is 1. The SMILES string of the molecule is CC(C)(C)c1cc(-c2ncnc3c(F)c4ccccc4cc23)cc2ccccc12.CC(C)(C)c1cc(B2OC(C)(C)C(C)(C)O2)cc2ccccc12.O=C1N=CCc2c1cc1ccccc1c2F. The normalized spacial score (nSPS) is 15.4. The Bertz CT molecular complexity index is 3460. The van der Waals surface area contributed by atoms with Crippen molar-refractivity contribution < 1.29 is 22.9 Å². The number of aliphatic imine (C=N–C) groups is 1. The summed E-state index contributed by atoms with van der Waals surface area (Å²) in [5.74, 6) is -0.947. The Hall–Kier alpha value is -6.68. The van der Waals surface area contributed by atoms with E-state index in [0.29, 0.717) is 33.8 Å². The summed E-state index contributed by atoms with van der Waals surface area (Å²) < 4.78 is 41.8. The van der Waals surface area contributed by atoms with Crippen molar-refractivity contribution >= 4 is 78.7 Å². The van der Waals surface area contributed by atoms with E-state index in [2.05, 4.69) is 151 Å². The third-order valence-corrected chi connectivity index (χ3v) is 13.6. The molecule has 0 N–H and O–H groups in total. The fourth-order valence-electron chi connectivity index (χ4n) is 9.21. The Labute approximate surface area is 397 Å². The Morgan fingerprint density at radius 1 is 0.559 bits per heavy atom. The monoisotopic (exact) mass is 903 g/mol. The van der Waals surface area contributed by atoms with Crippen LogP contribution in [0.3, 0.4) is 0 Å². The quantitative estimate of drug-likeness (QED) is 0.128. The van der Waals surface area contributed by atoms with Crippen molar-refractivity contribution in [2.24, 2.45) is 4.99 Å². The van der Waals surface area contributed by atoms with Gasteiger partial charge in [0.2, 0.25) is 0 Å². The molecule has 9 heteroatoms. The first kappa shape index (κ1) is 46.4. The fourth-order valence-corrected chi connectivity index (χ4v) is 9.21. The minimum absolute atomic E-state index is 0.0314. The van der Waals surface area contributed by atoms with Crippen LogP contribution < -0.4 is 5.46 Å². The molecule has 0 bridgehead atoms. The summed E-state index contributed by atoms with van der Waals surface area (Å²) in [4.78, 5) is 24.0. The minimum Gasteiger partial charge on any atom is -0.399 e. The molecule has 2 aliphatic rings. The predicted octanol–water partition coefficient (Wildman–Crippen LogP) is 14.2. The summed E-state index contributed by atoms with van der Waals surface area (Å²) in [6, 6.07) is 44.1. The molecule has 0 radical (unpaired) electrons. The maximum atomic E-state index is 15.2. The van der Waals surface area contributed by atoms with Crippen molar-refractivity contribution in [1.82, 2.24) is 9.97 Å². The first-order chi connectivity index (χ1) is 32.2. The average molecular weight is 904 g/mol. The number of carbonyl (C=O) groups excluding carboxylic acids is 1. The van der Waals surface area contributed by atoms with Gasteiger partial charge in [0, 0.05) is 45.5 Å². The van der Waals surface area contributed by atoms with E-state index in [-0.39, 0.29) is 46.7 Å². The second-order valence-corrected chi connectivity index (χ2v) is 20.9. The summed E-state index contributed by atoms with van der Waals surface area (Å²) >= 11 is 0. The topological polar surface area (TPSA) is 73.7 Å². The molecule has 0 unspecified atom stereocenters. The lowest BCUT2D eigenvalue weighted by molar-refractivity contribution is 0.00578. The van der Waals surface area contributed by atoms with Gasteiger partial charge in [-0.05, 0) is 112 Å². The molecule has 1 aromatic heterocycles. The Kier molecular flexibility index (Phi) is 11.9. The highest BCUT2D eigenvalue weighted by atomic mass is 19.1. The van der Waals surface area contributed by atoms with Crippen LogP contribution in [0.1, 0.15) is 96.3 Å². The number of hydrogen-bond acceptors (Lipinski definition) is 5. The number of fused-ring (bicyclic) bond motifs is 6. The molecular weight excluding hydrogens is 847 g/mol. The molecule has 0 atom stereocenters. The van der Waals surface area contributed by atoms with Crippen LogP contribution in [0, 0.1) is 11.6 Å². The van der Waals surface area contributed by atoms with Crippen LogP contribution in [-0.2, 0) is 26.6 Å². The van der Waals surface area contributed by atoms with Gasteiger partial charge in [0.25, 0.3) is 5.91 Å². The molecule has 8 aromatic carbocycles. The van der Waals surface area contributed by atoms with Gasteiger partial charge in [-0.25, -0.2) is 23.7 Å². The predicted molar refractivity (Wildman–Crippen MR) is 277 cm³/mol. The largest absolute Gasteiger partial charge is 0.494 e. The van der Waals surface area contributed by atoms with Gasteiger partial charge in [-0.3, -0.25) is 4.79 Å². The molecule has 1 amide bonds. The van der Waals surface area contributed by atoms with Gasteiger partial charge in [-0.2, -0.15) is 0 Å². The van der Waals surface area contributed by atoms with Crippen molar-refractivity contribution in [3.05, 3.63) is 174 Å². The highest BCUT2D eigenvalue weighted by Gasteiger charge is 2.52. The van der Waals surface area contributed by atoms with Crippen LogP contribution >= 0.6 is 0 Å². The highest BCUT2D eigenvalue weighted by Crippen LogP contribution is 2.39. The lowest BCUT2D eigenvalue weighted by Crippen LogP contribution is -2.41. The first-order valence-corrected chi connectivity index (χ1v) is 23.2. The van der Waals surface area contributed by atoms with Gasteiger partial charge in [0.1, 0.15) is 17.7 Å². The Morgan fingerprint density at radius 3 is 1.62 bits per heavy atom. The number of halogens is 2. The highest BCUT2D eigenvalue weighted by molar-refractivity contribution is 6.62. The average Bonchev–Trinajstić information content (AvgIpc) is 3.54. The van der Waals surface area contributed by atoms with E-state index >= 15 is 4.39 Å². The molecule has 342 valence electrons. The summed E-state index contributed by atoms with van der Waals surface area (Å²) in [5.41, 5.74) is 6.04.